The number of anilines is 1. The normalized spacial score (nSPS) is 20.9. The van der Waals surface area contributed by atoms with Gasteiger partial charge in [0.05, 0.1) is 6.10 Å². The quantitative estimate of drug-likeness (QED) is 0.269. The summed E-state index contributed by atoms with van der Waals surface area (Å²) in [7, 11) is 0. The molecule has 3 amide bonds. The molecule has 0 unspecified atom stereocenters. The number of halogens is 1. The van der Waals surface area contributed by atoms with Crippen molar-refractivity contribution in [1.29, 1.82) is 0 Å². The zero-order valence-corrected chi connectivity index (χ0v) is 27.4. The second kappa shape index (κ2) is 16.0. The third kappa shape index (κ3) is 7.79. The van der Waals surface area contributed by atoms with Gasteiger partial charge in [-0.1, -0.05) is 44.7 Å². The molecule has 2 aromatic rings. The number of hydrogen-bond acceptors (Lipinski definition) is 7. The van der Waals surface area contributed by atoms with Crippen molar-refractivity contribution in [3.05, 3.63) is 65.2 Å². The van der Waals surface area contributed by atoms with Gasteiger partial charge < -0.3 is 25.7 Å². The number of Topliss-reactive ketones (excluding diaryl/α,β-unsaturated/α-hetero) is 1. The summed E-state index contributed by atoms with van der Waals surface area (Å²) in [6, 6.07) is 12.9. The number of piperidine rings is 1. The lowest BCUT2D eigenvalue weighted by Crippen LogP contribution is -2.75. The second-order valence-corrected chi connectivity index (χ2v) is 12.8. The minimum atomic E-state index is -0.892. The second-order valence-electron chi connectivity index (χ2n) is 12.8. The molecule has 46 heavy (non-hydrogen) atoms. The topological polar surface area (TPSA) is 139 Å². The fourth-order valence-electron chi connectivity index (χ4n) is 7.09. The number of hydrogen-bond donors (Lipinski definition) is 4. The van der Waals surface area contributed by atoms with Crippen molar-refractivity contribution in [2.24, 2.45) is 5.92 Å². The molecule has 0 bridgehead atoms. The van der Waals surface area contributed by atoms with E-state index in [2.05, 4.69) is 22.5 Å². The van der Waals surface area contributed by atoms with E-state index in [-0.39, 0.29) is 41.8 Å². The number of unbranched alkanes of at least 4 members (excludes halogenated alkanes) is 1. The number of piperazine rings is 1. The van der Waals surface area contributed by atoms with Gasteiger partial charge in [0.25, 0.3) is 5.91 Å². The number of carbonyl (C=O) groups is 4. The van der Waals surface area contributed by atoms with Gasteiger partial charge >= 0.3 is 0 Å². The van der Waals surface area contributed by atoms with Gasteiger partial charge in [-0.05, 0) is 80.0 Å². The molecule has 5 rings (SSSR count). The van der Waals surface area contributed by atoms with E-state index in [1.54, 1.807) is 41.3 Å². The third-order valence-electron chi connectivity index (χ3n) is 9.88. The first kappa shape index (κ1) is 35.5. The standard InChI is InChI=1S/C35H46N4O6.ClH/c1-2-3-19-39-33(44)30(31(42)26-7-5-4-6-8-26)37-34(45)35(39)17-20-38(21-18-35)22-24-9-11-27(12-10-24)32(43)36-28-15-13-25(14-16-28)29(41)23-40;/h9-16,26,30-31,40,42H,2-8,17-23H2,1H3,(H,36,43)(H,37,45);1H/t30-,31-;/m1./s1. The van der Waals surface area contributed by atoms with Gasteiger partial charge in [-0.2, -0.15) is 0 Å². The molecule has 3 aliphatic rings. The number of ketones is 1. The van der Waals surface area contributed by atoms with Crippen LogP contribution in [0.4, 0.5) is 5.69 Å². The Bertz CT molecular complexity index is 1350. The molecule has 250 valence electrons. The van der Waals surface area contributed by atoms with Crippen molar-refractivity contribution >= 4 is 41.6 Å². The first-order valence-corrected chi connectivity index (χ1v) is 16.4. The average Bonchev–Trinajstić information content (AvgIpc) is 3.07. The van der Waals surface area contributed by atoms with Crippen LogP contribution in [0.5, 0.6) is 0 Å². The van der Waals surface area contributed by atoms with Gasteiger partial charge in [-0.25, -0.2) is 0 Å². The first-order valence-electron chi connectivity index (χ1n) is 16.4. The van der Waals surface area contributed by atoms with E-state index >= 15 is 0 Å². The summed E-state index contributed by atoms with van der Waals surface area (Å²) in [5.74, 6) is -0.879. The number of benzene rings is 2. The van der Waals surface area contributed by atoms with Crippen molar-refractivity contribution in [1.82, 2.24) is 15.1 Å². The Balaban J connectivity index is 0.00000480. The molecule has 2 heterocycles. The monoisotopic (exact) mass is 654 g/mol. The lowest BCUT2D eigenvalue weighted by molar-refractivity contribution is -0.166. The molecule has 2 aromatic carbocycles. The van der Waals surface area contributed by atoms with Crippen LogP contribution >= 0.6 is 12.4 Å². The number of amides is 3. The van der Waals surface area contributed by atoms with Crippen LogP contribution in [0.25, 0.3) is 0 Å². The molecule has 1 spiro atoms. The molecular weight excluding hydrogens is 608 g/mol. The lowest BCUT2D eigenvalue weighted by atomic mass is 9.78. The van der Waals surface area contributed by atoms with Gasteiger partial charge in [-0.3, -0.25) is 24.1 Å². The largest absolute Gasteiger partial charge is 0.390 e. The molecule has 2 atom stereocenters. The maximum Gasteiger partial charge on any atom is 0.255 e. The summed E-state index contributed by atoms with van der Waals surface area (Å²) in [6.07, 6.45) is 6.98. The van der Waals surface area contributed by atoms with Crippen molar-refractivity contribution in [3.8, 4) is 0 Å². The zero-order valence-electron chi connectivity index (χ0n) is 26.6. The number of rotatable bonds is 11. The summed E-state index contributed by atoms with van der Waals surface area (Å²) in [5, 5.41) is 26.0. The number of carbonyl (C=O) groups excluding carboxylic acids is 4. The van der Waals surface area contributed by atoms with Crippen LogP contribution in [0.2, 0.25) is 0 Å². The van der Waals surface area contributed by atoms with Gasteiger partial charge in [0.2, 0.25) is 11.8 Å². The lowest BCUT2D eigenvalue weighted by Gasteiger charge is -2.52. The minimum Gasteiger partial charge on any atom is -0.390 e. The Kier molecular flexibility index (Phi) is 12.4. The van der Waals surface area contributed by atoms with Crippen LogP contribution in [0.3, 0.4) is 0 Å². The highest BCUT2D eigenvalue weighted by Gasteiger charge is 2.55. The summed E-state index contributed by atoms with van der Waals surface area (Å²) in [5.41, 5.74) is 1.58. The number of likely N-dealkylation sites (tertiary alicyclic amines) is 1. The van der Waals surface area contributed by atoms with E-state index < -0.39 is 24.3 Å². The smallest absolute Gasteiger partial charge is 0.255 e. The molecule has 10 nitrogen and oxygen atoms in total. The van der Waals surface area contributed by atoms with Crippen LogP contribution in [0, 0.1) is 5.92 Å². The summed E-state index contributed by atoms with van der Waals surface area (Å²) < 4.78 is 0. The third-order valence-corrected chi connectivity index (χ3v) is 9.88. The molecule has 1 saturated carbocycles. The van der Waals surface area contributed by atoms with Crippen LogP contribution in [-0.4, -0.2) is 87.4 Å². The van der Waals surface area contributed by atoms with E-state index in [1.165, 1.54) is 0 Å². The average molecular weight is 655 g/mol. The summed E-state index contributed by atoms with van der Waals surface area (Å²) in [4.78, 5) is 56.0. The van der Waals surface area contributed by atoms with Crippen LogP contribution in [0.1, 0.15) is 91.0 Å². The SMILES string of the molecule is CCCCN1C(=O)[C@@H]([C@H](O)C2CCCCC2)NC(=O)C12CCN(Cc1ccc(C(=O)Nc3ccc(C(=O)CO)cc3)cc1)CC2.Cl. The fourth-order valence-corrected chi connectivity index (χ4v) is 7.09. The first-order chi connectivity index (χ1) is 21.8. The Morgan fingerprint density at radius 1 is 0.978 bits per heavy atom. The van der Waals surface area contributed by atoms with Gasteiger partial charge in [-0.15, -0.1) is 12.4 Å². The molecular formula is C35H47ClN4O6. The maximum atomic E-state index is 13.8. The fraction of sp³-hybridized carbons (Fsp3) is 0.543. The highest BCUT2D eigenvalue weighted by Crippen LogP contribution is 2.36. The number of nitrogens with one attached hydrogen (secondary N) is 2. The highest BCUT2D eigenvalue weighted by molar-refractivity contribution is 6.05. The molecule has 3 fully saturated rings. The molecule has 2 aliphatic heterocycles. The molecule has 4 N–H and O–H groups in total. The van der Waals surface area contributed by atoms with E-state index in [1.807, 2.05) is 12.1 Å². The number of aliphatic hydroxyl groups excluding tert-OH is 2. The molecule has 2 saturated heterocycles. The minimum absolute atomic E-state index is 0. The molecule has 0 radical (unpaired) electrons. The Morgan fingerprint density at radius 3 is 2.22 bits per heavy atom. The molecule has 0 aromatic heterocycles. The van der Waals surface area contributed by atoms with E-state index in [0.29, 0.717) is 55.8 Å². The zero-order chi connectivity index (χ0) is 32.0. The molecule has 1 aliphatic carbocycles. The summed E-state index contributed by atoms with van der Waals surface area (Å²) >= 11 is 0. The van der Waals surface area contributed by atoms with E-state index in [0.717, 1.165) is 50.5 Å². The Labute approximate surface area is 277 Å². The van der Waals surface area contributed by atoms with Crippen molar-refractivity contribution in [3.63, 3.8) is 0 Å². The van der Waals surface area contributed by atoms with E-state index in [4.69, 9.17) is 5.11 Å². The predicted octanol–water partition coefficient (Wildman–Crippen LogP) is 3.94. The highest BCUT2D eigenvalue weighted by atomic mass is 35.5. The maximum absolute atomic E-state index is 13.8. The van der Waals surface area contributed by atoms with Crippen LogP contribution in [-0.2, 0) is 16.1 Å². The van der Waals surface area contributed by atoms with E-state index in [9.17, 15) is 24.3 Å². The Hall–Kier alpha value is -3.31. The van der Waals surface area contributed by atoms with Crippen molar-refractivity contribution in [2.75, 3.05) is 31.6 Å². The number of aliphatic hydroxyl groups is 2. The van der Waals surface area contributed by atoms with Gasteiger partial charge in [0.15, 0.2) is 5.78 Å². The van der Waals surface area contributed by atoms with Gasteiger partial charge in [0.1, 0.15) is 18.2 Å². The van der Waals surface area contributed by atoms with Crippen molar-refractivity contribution < 1.29 is 29.4 Å². The molecule has 11 heteroatoms. The Morgan fingerprint density at radius 2 is 1.61 bits per heavy atom. The van der Waals surface area contributed by atoms with Crippen LogP contribution in [0.15, 0.2) is 48.5 Å². The van der Waals surface area contributed by atoms with Gasteiger partial charge in [0, 0.05) is 43.0 Å². The van der Waals surface area contributed by atoms with Crippen LogP contribution < -0.4 is 10.6 Å². The number of nitrogens with zero attached hydrogens (tertiary/aromatic N) is 2. The van der Waals surface area contributed by atoms with Crippen molar-refractivity contribution in [2.45, 2.75) is 88.9 Å². The predicted molar refractivity (Wildman–Crippen MR) is 178 cm³/mol. The summed E-state index contributed by atoms with van der Waals surface area (Å²) in [6.45, 7) is 3.99.